The monoisotopic (exact) mass is 260 g/mol. The summed E-state index contributed by atoms with van der Waals surface area (Å²) in [4.78, 5) is 2.39. The largest absolute Gasteiger partial charge is 0.352 e. The second-order valence-corrected chi connectivity index (χ2v) is 6.21. The van der Waals surface area contributed by atoms with Gasteiger partial charge < -0.3 is 10.2 Å². The van der Waals surface area contributed by atoms with Crippen LogP contribution in [0.1, 0.15) is 45.2 Å². The van der Waals surface area contributed by atoms with Gasteiger partial charge in [0.2, 0.25) is 0 Å². The molecular formula is C15H24N4. The van der Waals surface area contributed by atoms with Crippen LogP contribution in [0.4, 0.5) is 5.82 Å². The van der Waals surface area contributed by atoms with Crippen LogP contribution in [-0.2, 0) is 6.54 Å². The Hall–Kier alpha value is -1.16. The van der Waals surface area contributed by atoms with Crippen LogP contribution < -0.4 is 10.2 Å². The first kappa shape index (κ1) is 12.9. The van der Waals surface area contributed by atoms with Crippen LogP contribution in [-0.4, -0.2) is 28.8 Å². The first-order valence-electron chi connectivity index (χ1n) is 7.55. The number of anilines is 1. The molecule has 0 bridgehead atoms. The standard InChI is InChI=1S/C15H24N4/c1-11-7-8-19(12(2)9-11)15-6-5-14(17-18-15)10-16-13-3-4-13/h5-6,11-13,16H,3-4,7-10H2,1-2H3. The van der Waals surface area contributed by atoms with E-state index >= 15 is 0 Å². The average molecular weight is 260 g/mol. The van der Waals surface area contributed by atoms with Crippen LogP contribution in [0.5, 0.6) is 0 Å². The van der Waals surface area contributed by atoms with Crippen molar-refractivity contribution in [2.24, 2.45) is 5.92 Å². The van der Waals surface area contributed by atoms with Crippen molar-refractivity contribution < 1.29 is 0 Å². The van der Waals surface area contributed by atoms with Crippen LogP contribution in [0.25, 0.3) is 0 Å². The second kappa shape index (κ2) is 5.45. The lowest BCUT2D eigenvalue weighted by Gasteiger charge is -2.37. The van der Waals surface area contributed by atoms with Crippen molar-refractivity contribution in [2.45, 2.75) is 58.2 Å². The van der Waals surface area contributed by atoms with Gasteiger partial charge in [0.15, 0.2) is 5.82 Å². The predicted molar refractivity (Wildman–Crippen MR) is 77.1 cm³/mol. The van der Waals surface area contributed by atoms with E-state index in [9.17, 15) is 0 Å². The lowest BCUT2D eigenvalue weighted by atomic mass is 9.93. The van der Waals surface area contributed by atoms with Gasteiger partial charge in [-0.3, -0.25) is 0 Å². The Morgan fingerprint density at radius 1 is 1.21 bits per heavy atom. The molecule has 2 aliphatic rings. The summed E-state index contributed by atoms with van der Waals surface area (Å²) in [5, 5.41) is 12.2. The summed E-state index contributed by atoms with van der Waals surface area (Å²) in [6.45, 7) is 6.59. The zero-order valence-corrected chi connectivity index (χ0v) is 12.0. The zero-order chi connectivity index (χ0) is 13.2. The van der Waals surface area contributed by atoms with Gasteiger partial charge in [0.1, 0.15) is 0 Å². The normalized spacial score (nSPS) is 27.6. The maximum Gasteiger partial charge on any atom is 0.151 e. The number of hydrogen-bond donors (Lipinski definition) is 1. The van der Waals surface area contributed by atoms with Crippen molar-refractivity contribution in [2.75, 3.05) is 11.4 Å². The molecule has 0 aromatic carbocycles. The third kappa shape index (κ3) is 3.24. The van der Waals surface area contributed by atoms with Crippen molar-refractivity contribution in [1.29, 1.82) is 0 Å². The van der Waals surface area contributed by atoms with Crippen molar-refractivity contribution in [3.05, 3.63) is 17.8 Å². The molecule has 1 saturated carbocycles. The molecule has 4 heteroatoms. The third-order valence-electron chi connectivity index (χ3n) is 4.29. The van der Waals surface area contributed by atoms with Crippen molar-refractivity contribution in [1.82, 2.24) is 15.5 Å². The van der Waals surface area contributed by atoms with Crippen molar-refractivity contribution in [3.8, 4) is 0 Å². The van der Waals surface area contributed by atoms with Gasteiger partial charge in [-0.05, 0) is 50.7 Å². The van der Waals surface area contributed by atoms with E-state index in [2.05, 4.69) is 46.4 Å². The molecule has 2 unspecified atom stereocenters. The zero-order valence-electron chi connectivity index (χ0n) is 12.0. The highest BCUT2D eigenvalue weighted by atomic mass is 15.3. The maximum absolute atomic E-state index is 4.41. The van der Waals surface area contributed by atoms with Gasteiger partial charge in [0.25, 0.3) is 0 Å². The van der Waals surface area contributed by atoms with E-state index in [4.69, 9.17) is 0 Å². The number of hydrogen-bond acceptors (Lipinski definition) is 4. The van der Waals surface area contributed by atoms with Crippen LogP contribution >= 0.6 is 0 Å². The molecule has 3 rings (SSSR count). The second-order valence-electron chi connectivity index (χ2n) is 6.21. The molecule has 2 fully saturated rings. The quantitative estimate of drug-likeness (QED) is 0.902. The summed E-state index contributed by atoms with van der Waals surface area (Å²) in [7, 11) is 0. The van der Waals surface area contributed by atoms with Gasteiger partial charge in [-0.1, -0.05) is 6.92 Å². The Morgan fingerprint density at radius 3 is 2.68 bits per heavy atom. The smallest absolute Gasteiger partial charge is 0.151 e. The molecule has 0 radical (unpaired) electrons. The first-order valence-corrected chi connectivity index (χ1v) is 7.55. The Morgan fingerprint density at radius 2 is 2.05 bits per heavy atom. The average Bonchev–Trinajstić information content (AvgIpc) is 3.21. The molecule has 1 aliphatic carbocycles. The fourth-order valence-electron chi connectivity index (χ4n) is 2.88. The minimum Gasteiger partial charge on any atom is -0.352 e. The predicted octanol–water partition coefficient (Wildman–Crippen LogP) is 2.35. The van der Waals surface area contributed by atoms with Crippen LogP contribution in [0.15, 0.2) is 12.1 Å². The van der Waals surface area contributed by atoms with E-state index in [0.717, 1.165) is 36.6 Å². The molecule has 0 spiro atoms. The van der Waals surface area contributed by atoms with Crippen LogP contribution in [0, 0.1) is 5.92 Å². The van der Waals surface area contributed by atoms with E-state index in [0.29, 0.717) is 6.04 Å². The Labute approximate surface area is 115 Å². The number of piperidine rings is 1. The van der Waals surface area contributed by atoms with Crippen molar-refractivity contribution >= 4 is 5.82 Å². The van der Waals surface area contributed by atoms with Gasteiger partial charge in [-0.15, -0.1) is 5.10 Å². The SMILES string of the molecule is CC1CCN(c2ccc(CNC3CC3)nn2)C(C)C1. The van der Waals surface area contributed by atoms with Crippen molar-refractivity contribution in [3.63, 3.8) is 0 Å². The van der Waals surface area contributed by atoms with Crippen LogP contribution in [0.2, 0.25) is 0 Å². The number of rotatable bonds is 4. The van der Waals surface area contributed by atoms with Gasteiger partial charge in [-0.25, -0.2) is 0 Å². The first-order chi connectivity index (χ1) is 9.22. The highest BCUT2D eigenvalue weighted by Gasteiger charge is 2.24. The highest BCUT2D eigenvalue weighted by Crippen LogP contribution is 2.26. The molecule has 1 aromatic heterocycles. The summed E-state index contributed by atoms with van der Waals surface area (Å²) >= 11 is 0. The number of nitrogens with zero attached hydrogens (tertiary/aromatic N) is 3. The number of aromatic nitrogens is 2. The molecule has 2 heterocycles. The maximum atomic E-state index is 4.41. The van der Waals surface area contributed by atoms with Gasteiger partial charge in [0, 0.05) is 25.2 Å². The fraction of sp³-hybridized carbons (Fsp3) is 0.733. The van der Waals surface area contributed by atoms with Crippen LogP contribution in [0.3, 0.4) is 0 Å². The van der Waals surface area contributed by atoms with E-state index in [1.807, 2.05) is 0 Å². The molecule has 0 amide bonds. The topological polar surface area (TPSA) is 41.0 Å². The molecule has 19 heavy (non-hydrogen) atoms. The molecule has 1 saturated heterocycles. The highest BCUT2D eigenvalue weighted by molar-refractivity contribution is 5.39. The molecule has 2 atom stereocenters. The number of nitrogens with one attached hydrogen (secondary N) is 1. The third-order valence-corrected chi connectivity index (χ3v) is 4.29. The summed E-state index contributed by atoms with van der Waals surface area (Å²) in [6, 6.07) is 5.55. The van der Waals surface area contributed by atoms with Gasteiger partial charge in [-0.2, -0.15) is 5.10 Å². The minimum absolute atomic E-state index is 0.577. The van der Waals surface area contributed by atoms with E-state index in [1.165, 1.54) is 25.7 Å². The van der Waals surface area contributed by atoms with E-state index in [-0.39, 0.29) is 0 Å². The fourth-order valence-corrected chi connectivity index (χ4v) is 2.88. The van der Waals surface area contributed by atoms with E-state index < -0.39 is 0 Å². The Bertz CT molecular complexity index is 413. The summed E-state index contributed by atoms with van der Waals surface area (Å²) < 4.78 is 0. The Balaban J connectivity index is 1.60. The Kier molecular flexibility index (Phi) is 3.69. The molecule has 1 N–H and O–H groups in total. The molecule has 4 nitrogen and oxygen atoms in total. The summed E-state index contributed by atoms with van der Waals surface area (Å²) in [6.07, 6.45) is 5.15. The van der Waals surface area contributed by atoms with Gasteiger partial charge in [0.05, 0.1) is 5.69 Å². The summed E-state index contributed by atoms with van der Waals surface area (Å²) in [5.41, 5.74) is 1.05. The lowest BCUT2D eigenvalue weighted by molar-refractivity contribution is 0.375. The van der Waals surface area contributed by atoms with Gasteiger partial charge >= 0.3 is 0 Å². The molecule has 1 aromatic rings. The molecule has 1 aliphatic heterocycles. The molecule has 104 valence electrons. The lowest BCUT2D eigenvalue weighted by Crippen LogP contribution is -2.40. The van der Waals surface area contributed by atoms with E-state index in [1.54, 1.807) is 0 Å². The minimum atomic E-state index is 0.577. The molecular weight excluding hydrogens is 236 g/mol. The summed E-state index contributed by atoms with van der Waals surface area (Å²) in [5.74, 6) is 1.87.